The molecule has 2 rings (SSSR count). The van der Waals surface area contributed by atoms with Gasteiger partial charge in [0.2, 0.25) is 0 Å². The van der Waals surface area contributed by atoms with Crippen molar-refractivity contribution < 1.29 is 9.90 Å². The normalized spacial score (nSPS) is 15.7. The first-order chi connectivity index (χ1) is 7.18. The van der Waals surface area contributed by atoms with E-state index in [1.807, 2.05) is 0 Å². The van der Waals surface area contributed by atoms with E-state index in [0.717, 1.165) is 18.8 Å². The molecule has 0 aromatic heterocycles. The monoisotopic (exact) mass is 224 g/mol. The Morgan fingerprint density at radius 1 is 1.33 bits per heavy atom. The van der Waals surface area contributed by atoms with E-state index in [9.17, 15) is 9.90 Å². The first-order valence-corrected chi connectivity index (χ1v) is 5.32. The lowest BCUT2D eigenvalue weighted by Gasteiger charge is -2.18. The maximum atomic E-state index is 10.6. The molecule has 80 valence electrons. The summed E-state index contributed by atoms with van der Waals surface area (Å²) in [6.45, 7) is 2.03. The molecule has 1 aromatic carbocycles. The summed E-state index contributed by atoms with van der Waals surface area (Å²) >= 11 is 5.86. The number of nitrogens with zero attached hydrogens (tertiary/aromatic N) is 1. The van der Waals surface area contributed by atoms with E-state index in [4.69, 9.17) is 11.6 Å². The number of carboxylic acid groups (broad SMARTS) is 1. The number of carbonyl (C=O) groups is 1. The molecule has 1 aliphatic rings. The summed E-state index contributed by atoms with van der Waals surface area (Å²) in [6, 6.07) is 4.98. The number of anilines is 1. The van der Waals surface area contributed by atoms with Gasteiger partial charge in [-0.2, -0.15) is 0 Å². The van der Waals surface area contributed by atoms with E-state index in [-0.39, 0.29) is 10.6 Å². The summed E-state index contributed by atoms with van der Waals surface area (Å²) in [5, 5.41) is 10.9. The third kappa shape index (κ3) is 2.07. The van der Waals surface area contributed by atoms with Gasteiger partial charge in [0.25, 0.3) is 0 Å². The molecule has 0 amide bonds. The molecule has 0 N–H and O–H groups in total. The number of carbonyl (C=O) groups excluding carboxylic acids is 1. The van der Waals surface area contributed by atoms with Gasteiger partial charge in [0, 0.05) is 24.3 Å². The average Bonchev–Trinajstić information content (AvgIpc) is 2.69. The molecule has 4 heteroatoms. The molecule has 0 unspecified atom stereocenters. The molecule has 3 nitrogen and oxygen atoms in total. The maximum Gasteiger partial charge on any atom is 0.0730 e. The SMILES string of the molecule is O=C([O-])c1ccc(N2CCCC2)cc1Cl. The van der Waals surface area contributed by atoms with Crippen LogP contribution in [0.25, 0.3) is 0 Å². The third-order valence-electron chi connectivity index (χ3n) is 2.64. The minimum atomic E-state index is -1.23. The van der Waals surface area contributed by atoms with Crippen molar-refractivity contribution in [3.63, 3.8) is 0 Å². The van der Waals surface area contributed by atoms with E-state index >= 15 is 0 Å². The second-order valence-electron chi connectivity index (χ2n) is 3.65. The summed E-state index contributed by atoms with van der Waals surface area (Å²) in [6.07, 6.45) is 2.36. The van der Waals surface area contributed by atoms with E-state index < -0.39 is 5.97 Å². The van der Waals surface area contributed by atoms with Gasteiger partial charge in [0.1, 0.15) is 0 Å². The fourth-order valence-electron chi connectivity index (χ4n) is 1.84. The van der Waals surface area contributed by atoms with E-state index in [1.165, 1.54) is 18.9 Å². The highest BCUT2D eigenvalue weighted by molar-refractivity contribution is 6.33. The number of halogens is 1. The number of rotatable bonds is 2. The molecule has 1 saturated heterocycles. The van der Waals surface area contributed by atoms with Crippen LogP contribution in [0.4, 0.5) is 5.69 Å². The Labute approximate surface area is 93.3 Å². The Morgan fingerprint density at radius 2 is 2.00 bits per heavy atom. The van der Waals surface area contributed by atoms with Crippen LogP contribution >= 0.6 is 11.6 Å². The summed E-state index contributed by atoms with van der Waals surface area (Å²) in [5.74, 6) is -1.23. The lowest BCUT2D eigenvalue weighted by molar-refractivity contribution is -0.255. The standard InChI is InChI=1S/C11H12ClNO2/c12-10-7-8(13-5-1-2-6-13)3-4-9(10)11(14)15/h3-4,7H,1-2,5-6H2,(H,14,15)/p-1. The van der Waals surface area contributed by atoms with Crippen molar-refractivity contribution in [2.24, 2.45) is 0 Å². The van der Waals surface area contributed by atoms with Crippen LogP contribution in [0.3, 0.4) is 0 Å². The fourth-order valence-corrected chi connectivity index (χ4v) is 2.09. The van der Waals surface area contributed by atoms with Crippen LogP contribution in [-0.4, -0.2) is 19.1 Å². The van der Waals surface area contributed by atoms with Gasteiger partial charge in [-0.3, -0.25) is 0 Å². The molecule has 15 heavy (non-hydrogen) atoms. The van der Waals surface area contributed by atoms with E-state index in [0.29, 0.717) is 0 Å². The summed E-state index contributed by atoms with van der Waals surface area (Å²) in [7, 11) is 0. The molecule has 1 aliphatic heterocycles. The molecule has 0 aliphatic carbocycles. The average molecular weight is 225 g/mol. The van der Waals surface area contributed by atoms with E-state index in [1.54, 1.807) is 12.1 Å². The minimum absolute atomic E-state index is 0.0552. The van der Waals surface area contributed by atoms with Crippen LogP contribution in [-0.2, 0) is 0 Å². The van der Waals surface area contributed by atoms with Crippen molar-refractivity contribution >= 4 is 23.3 Å². The summed E-state index contributed by atoms with van der Waals surface area (Å²) in [4.78, 5) is 12.8. The zero-order chi connectivity index (χ0) is 10.8. The van der Waals surface area contributed by atoms with Gasteiger partial charge in [-0.25, -0.2) is 0 Å². The van der Waals surface area contributed by atoms with Crippen LogP contribution in [0.2, 0.25) is 5.02 Å². The van der Waals surface area contributed by atoms with Gasteiger partial charge < -0.3 is 14.8 Å². The quantitative estimate of drug-likeness (QED) is 0.761. The van der Waals surface area contributed by atoms with Gasteiger partial charge in [0.15, 0.2) is 0 Å². The highest BCUT2D eigenvalue weighted by atomic mass is 35.5. The third-order valence-corrected chi connectivity index (χ3v) is 2.96. The number of hydrogen-bond donors (Lipinski definition) is 0. The molecule has 0 spiro atoms. The van der Waals surface area contributed by atoms with Crippen molar-refractivity contribution in [3.8, 4) is 0 Å². The molecule has 0 saturated carbocycles. The summed E-state index contributed by atoms with van der Waals surface area (Å²) < 4.78 is 0. The van der Waals surface area contributed by atoms with Crippen molar-refractivity contribution in [3.05, 3.63) is 28.8 Å². The van der Waals surface area contributed by atoms with Crippen molar-refractivity contribution in [2.75, 3.05) is 18.0 Å². The first kappa shape index (κ1) is 10.3. The highest BCUT2D eigenvalue weighted by Crippen LogP contribution is 2.25. The molecule has 0 bridgehead atoms. The Kier molecular flexibility index (Phi) is 2.82. The van der Waals surface area contributed by atoms with Crippen molar-refractivity contribution in [2.45, 2.75) is 12.8 Å². The largest absolute Gasteiger partial charge is 0.545 e. The van der Waals surface area contributed by atoms with Gasteiger partial charge >= 0.3 is 0 Å². The molecular formula is C11H11ClNO2-. The Morgan fingerprint density at radius 3 is 2.53 bits per heavy atom. The number of benzene rings is 1. The van der Waals surface area contributed by atoms with Crippen molar-refractivity contribution in [1.82, 2.24) is 0 Å². The smallest absolute Gasteiger partial charge is 0.0730 e. The van der Waals surface area contributed by atoms with Crippen LogP contribution in [0, 0.1) is 0 Å². The number of aromatic carboxylic acids is 1. The zero-order valence-corrected chi connectivity index (χ0v) is 8.96. The first-order valence-electron chi connectivity index (χ1n) is 4.94. The lowest BCUT2D eigenvalue weighted by Crippen LogP contribution is -2.23. The van der Waals surface area contributed by atoms with Crippen LogP contribution < -0.4 is 10.0 Å². The predicted molar refractivity (Wildman–Crippen MR) is 57.2 cm³/mol. The van der Waals surface area contributed by atoms with Crippen molar-refractivity contribution in [1.29, 1.82) is 0 Å². The van der Waals surface area contributed by atoms with Crippen LogP contribution in [0.1, 0.15) is 23.2 Å². The fraction of sp³-hybridized carbons (Fsp3) is 0.364. The highest BCUT2D eigenvalue weighted by Gasteiger charge is 2.13. The molecule has 1 aromatic rings. The Balaban J connectivity index is 2.28. The van der Waals surface area contributed by atoms with Gasteiger partial charge in [-0.15, -0.1) is 0 Å². The van der Waals surface area contributed by atoms with Crippen LogP contribution in [0.5, 0.6) is 0 Å². The molecule has 1 fully saturated rings. The molecule has 0 radical (unpaired) electrons. The van der Waals surface area contributed by atoms with E-state index in [2.05, 4.69) is 4.90 Å². The number of hydrogen-bond acceptors (Lipinski definition) is 3. The zero-order valence-electron chi connectivity index (χ0n) is 8.20. The summed E-state index contributed by atoms with van der Waals surface area (Å²) in [5.41, 5.74) is 1.04. The molecular weight excluding hydrogens is 214 g/mol. The predicted octanol–water partition coefficient (Wildman–Crippen LogP) is 1.30. The second-order valence-corrected chi connectivity index (χ2v) is 4.05. The molecule has 1 heterocycles. The minimum Gasteiger partial charge on any atom is -0.545 e. The maximum absolute atomic E-state index is 10.6. The Bertz CT molecular complexity index is 386. The van der Waals surface area contributed by atoms with Gasteiger partial charge in [0.05, 0.1) is 11.0 Å². The lowest BCUT2D eigenvalue weighted by atomic mass is 10.2. The van der Waals surface area contributed by atoms with Crippen LogP contribution in [0.15, 0.2) is 18.2 Å². The van der Waals surface area contributed by atoms with Gasteiger partial charge in [-0.1, -0.05) is 11.6 Å². The Hall–Kier alpha value is -1.22. The molecule has 0 atom stereocenters. The van der Waals surface area contributed by atoms with Gasteiger partial charge in [-0.05, 0) is 31.0 Å². The second kappa shape index (κ2) is 4.11. The number of carboxylic acids is 1. The topological polar surface area (TPSA) is 43.4 Å².